The SMILES string of the molecule is O=C(COc1ccc2ccccc2c1)N(Cc1ccccc1)c1nc2c(F)cc(F)cc2s1. The minimum atomic E-state index is -0.757. The van der Waals surface area contributed by atoms with E-state index >= 15 is 0 Å². The van der Waals surface area contributed by atoms with Gasteiger partial charge in [0.15, 0.2) is 17.6 Å². The summed E-state index contributed by atoms with van der Waals surface area (Å²) in [4.78, 5) is 18.9. The third kappa shape index (κ3) is 4.54. The highest BCUT2D eigenvalue weighted by Crippen LogP contribution is 2.32. The fourth-order valence-corrected chi connectivity index (χ4v) is 4.59. The fraction of sp³-hybridized carbons (Fsp3) is 0.0769. The Labute approximate surface area is 192 Å². The molecule has 0 aliphatic rings. The topological polar surface area (TPSA) is 42.4 Å². The Kier molecular flexibility index (Phi) is 5.71. The quantitative estimate of drug-likeness (QED) is 0.297. The van der Waals surface area contributed by atoms with E-state index in [1.807, 2.05) is 72.8 Å². The molecule has 0 atom stereocenters. The Balaban J connectivity index is 1.43. The number of thiazole rings is 1. The van der Waals surface area contributed by atoms with Crippen LogP contribution in [0.3, 0.4) is 0 Å². The third-order valence-corrected chi connectivity index (χ3v) is 6.23. The van der Waals surface area contributed by atoms with Gasteiger partial charge in [-0.1, -0.05) is 72.0 Å². The van der Waals surface area contributed by atoms with Crippen LogP contribution >= 0.6 is 11.3 Å². The molecule has 164 valence electrons. The average Bonchev–Trinajstić information content (AvgIpc) is 3.25. The van der Waals surface area contributed by atoms with E-state index in [0.29, 0.717) is 10.4 Å². The number of hydrogen-bond acceptors (Lipinski definition) is 4. The van der Waals surface area contributed by atoms with E-state index in [4.69, 9.17) is 4.74 Å². The number of anilines is 1. The number of rotatable bonds is 6. The number of benzene rings is 4. The molecule has 1 amide bonds. The van der Waals surface area contributed by atoms with Gasteiger partial charge in [0.2, 0.25) is 0 Å². The lowest BCUT2D eigenvalue weighted by molar-refractivity contribution is -0.120. The van der Waals surface area contributed by atoms with Crippen molar-refractivity contribution in [3.05, 3.63) is 102 Å². The van der Waals surface area contributed by atoms with Crippen molar-refractivity contribution in [1.29, 1.82) is 0 Å². The molecule has 0 N–H and O–H groups in total. The van der Waals surface area contributed by atoms with Crippen molar-refractivity contribution in [2.75, 3.05) is 11.5 Å². The summed E-state index contributed by atoms with van der Waals surface area (Å²) in [5.41, 5.74) is 0.917. The van der Waals surface area contributed by atoms with Crippen molar-refractivity contribution in [3.8, 4) is 5.75 Å². The standard InChI is InChI=1S/C26H18F2N2O2S/c27-20-13-22(28)25-23(14-20)33-26(29-25)30(15-17-6-2-1-3-7-17)24(31)16-32-21-11-10-18-8-4-5-9-19(18)12-21/h1-14H,15-16H2. The fourth-order valence-electron chi connectivity index (χ4n) is 3.57. The number of carbonyl (C=O) groups is 1. The Morgan fingerprint density at radius 3 is 2.48 bits per heavy atom. The van der Waals surface area contributed by atoms with Gasteiger partial charge in [-0.05, 0) is 34.5 Å². The van der Waals surface area contributed by atoms with Crippen LogP contribution < -0.4 is 9.64 Å². The maximum Gasteiger partial charge on any atom is 0.267 e. The molecule has 0 fully saturated rings. The molecule has 0 aliphatic carbocycles. The van der Waals surface area contributed by atoms with Gasteiger partial charge in [-0.15, -0.1) is 0 Å². The molecule has 5 rings (SSSR count). The second-order valence-corrected chi connectivity index (χ2v) is 8.50. The van der Waals surface area contributed by atoms with E-state index in [-0.39, 0.29) is 29.7 Å². The summed E-state index contributed by atoms with van der Waals surface area (Å²) in [6, 6.07) is 24.9. The van der Waals surface area contributed by atoms with Crippen molar-refractivity contribution >= 4 is 43.4 Å². The van der Waals surface area contributed by atoms with Crippen LogP contribution in [0.1, 0.15) is 5.56 Å². The molecule has 0 radical (unpaired) electrons. The molecule has 0 spiro atoms. The number of carbonyl (C=O) groups excluding carboxylic acids is 1. The van der Waals surface area contributed by atoms with Crippen LogP contribution in [-0.4, -0.2) is 17.5 Å². The lowest BCUT2D eigenvalue weighted by atomic mass is 10.1. The average molecular weight is 461 g/mol. The van der Waals surface area contributed by atoms with Crippen LogP contribution in [0.2, 0.25) is 0 Å². The first-order valence-electron chi connectivity index (χ1n) is 10.3. The van der Waals surface area contributed by atoms with Crippen LogP contribution in [0.15, 0.2) is 84.9 Å². The first-order chi connectivity index (χ1) is 16.1. The number of halogens is 2. The molecule has 0 aliphatic heterocycles. The van der Waals surface area contributed by atoms with Crippen molar-refractivity contribution in [2.45, 2.75) is 6.54 Å². The number of amides is 1. The van der Waals surface area contributed by atoms with Gasteiger partial charge in [0.25, 0.3) is 5.91 Å². The van der Waals surface area contributed by atoms with Crippen LogP contribution in [0.5, 0.6) is 5.75 Å². The maximum absolute atomic E-state index is 14.2. The highest BCUT2D eigenvalue weighted by molar-refractivity contribution is 7.22. The number of aromatic nitrogens is 1. The summed E-state index contributed by atoms with van der Waals surface area (Å²) >= 11 is 1.06. The highest BCUT2D eigenvalue weighted by atomic mass is 32.1. The Bertz CT molecular complexity index is 1450. The van der Waals surface area contributed by atoms with Crippen LogP contribution in [-0.2, 0) is 11.3 Å². The van der Waals surface area contributed by atoms with Crippen molar-refractivity contribution in [3.63, 3.8) is 0 Å². The Hall–Kier alpha value is -3.84. The predicted octanol–water partition coefficient (Wildman–Crippen LogP) is 6.34. The summed E-state index contributed by atoms with van der Waals surface area (Å²) in [5.74, 6) is -1.21. The second kappa shape index (κ2) is 8.96. The van der Waals surface area contributed by atoms with E-state index in [0.717, 1.165) is 33.7 Å². The van der Waals surface area contributed by atoms with E-state index in [1.165, 1.54) is 11.0 Å². The van der Waals surface area contributed by atoms with Gasteiger partial charge in [0, 0.05) is 6.07 Å². The van der Waals surface area contributed by atoms with Crippen LogP contribution in [0, 0.1) is 11.6 Å². The number of nitrogens with zero attached hydrogens (tertiary/aromatic N) is 2. The lowest BCUT2D eigenvalue weighted by Gasteiger charge is -2.20. The van der Waals surface area contributed by atoms with Gasteiger partial charge < -0.3 is 4.74 Å². The molecule has 7 heteroatoms. The molecule has 33 heavy (non-hydrogen) atoms. The van der Waals surface area contributed by atoms with Crippen molar-refractivity contribution in [1.82, 2.24) is 4.98 Å². The highest BCUT2D eigenvalue weighted by Gasteiger charge is 2.22. The molecule has 4 nitrogen and oxygen atoms in total. The zero-order valence-electron chi connectivity index (χ0n) is 17.4. The predicted molar refractivity (Wildman–Crippen MR) is 127 cm³/mol. The molecule has 0 saturated carbocycles. The minimum absolute atomic E-state index is 0.0395. The van der Waals surface area contributed by atoms with E-state index in [9.17, 15) is 13.6 Å². The molecule has 0 bridgehead atoms. The number of ether oxygens (including phenoxy) is 1. The largest absolute Gasteiger partial charge is 0.484 e. The summed E-state index contributed by atoms with van der Waals surface area (Å²) < 4.78 is 34.0. The third-order valence-electron chi connectivity index (χ3n) is 5.20. The molecule has 0 unspecified atom stereocenters. The molecular weight excluding hydrogens is 442 g/mol. The van der Waals surface area contributed by atoms with Gasteiger partial charge in [-0.3, -0.25) is 9.69 Å². The normalized spacial score (nSPS) is 11.1. The second-order valence-electron chi connectivity index (χ2n) is 7.49. The maximum atomic E-state index is 14.2. The van der Waals surface area contributed by atoms with Gasteiger partial charge >= 0.3 is 0 Å². The van der Waals surface area contributed by atoms with Gasteiger partial charge in [-0.25, -0.2) is 13.8 Å². The number of fused-ring (bicyclic) bond motifs is 2. The van der Waals surface area contributed by atoms with Crippen molar-refractivity contribution < 1.29 is 18.3 Å². The smallest absolute Gasteiger partial charge is 0.267 e. The van der Waals surface area contributed by atoms with E-state index < -0.39 is 11.6 Å². The Morgan fingerprint density at radius 2 is 1.67 bits per heavy atom. The molecule has 1 aromatic heterocycles. The first kappa shape index (κ1) is 21.0. The van der Waals surface area contributed by atoms with Gasteiger partial charge in [-0.2, -0.15) is 0 Å². The molecule has 1 heterocycles. The lowest BCUT2D eigenvalue weighted by Crippen LogP contribution is -2.34. The van der Waals surface area contributed by atoms with Crippen LogP contribution in [0.25, 0.3) is 21.0 Å². The summed E-state index contributed by atoms with van der Waals surface area (Å²) in [7, 11) is 0. The van der Waals surface area contributed by atoms with Crippen molar-refractivity contribution in [2.24, 2.45) is 0 Å². The summed E-state index contributed by atoms with van der Waals surface area (Å²) in [5, 5.41) is 2.36. The van der Waals surface area contributed by atoms with E-state index in [2.05, 4.69) is 4.98 Å². The zero-order chi connectivity index (χ0) is 22.8. The molecule has 4 aromatic carbocycles. The minimum Gasteiger partial charge on any atom is -0.484 e. The van der Waals surface area contributed by atoms with Gasteiger partial charge in [0.1, 0.15) is 17.1 Å². The molecule has 5 aromatic rings. The molecule has 0 saturated heterocycles. The first-order valence-corrected chi connectivity index (χ1v) is 11.1. The zero-order valence-corrected chi connectivity index (χ0v) is 18.2. The number of hydrogen-bond donors (Lipinski definition) is 0. The van der Waals surface area contributed by atoms with Crippen LogP contribution in [0.4, 0.5) is 13.9 Å². The molecular formula is C26H18F2N2O2S. The summed E-state index contributed by atoms with van der Waals surface area (Å²) in [6.07, 6.45) is 0. The summed E-state index contributed by atoms with van der Waals surface area (Å²) in [6.45, 7) is 0.00260. The van der Waals surface area contributed by atoms with Gasteiger partial charge in [0.05, 0.1) is 11.2 Å². The Morgan fingerprint density at radius 1 is 0.909 bits per heavy atom. The monoisotopic (exact) mass is 460 g/mol. The van der Waals surface area contributed by atoms with E-state index in [1.54, 1.807) is 0 Å².